The summed E-state index contributed by atoms with van der Waals surface area (Å²) in [4.78, 5) is 20.0. The molecule has 2 unspecified atom stereocenters. The molecule has 1 fully saturated rings. The Bertz CT molecular complexity index is 1290. The van der Waals surface area contributed by atoms with Crippen molar-refractivity contribution in [1.29, 1.82) is 0 Å². The molecule has 0 bridgehead atoms. The van der Waals surface area contributed by atoms with E-state index in [1.165, 1.54) is 0 Å². The number of hydrogen-bond acceptors (Lipinski definition) is 6. The van der Waals surface area contributed by atoms with Crippen molar-refractivity contribution in [2.24, 2.45) is 7.05 Å². The van der Waals surface area contributed by atoms with Gasteiger partial charge in [-0.1, -0.05) is 12.1 Å². The van der Waals surface area contributed by atoms with Gasteiger partial charge in [0.1, 0.15) is 11.6 Å². The molecule has 0 radical (unpaired) electrons. The number of hydrogen-bond donors (Lipinski definition) is 0. The van der Waals surface area contributed by atoms with Gasteiger partial charge in [0.15, 0.2) is 0 Å². The van der Waals surface area contributed by atoms with Crippen LogP contribution in [0.1, 0.15) is 25.7 Å². The van der Waals surface area contributed by atoms with E-state index >= 15 is 0 Å². The van der Waals surface area contributed by atoms with Crippen molar-refractivity contribution >= 4 is 20.9 Å². The molecule has 2 aromatic carbocycles. The Morgan fingerprint density at radius 2 is 1.78 bits per heavy atom. The number of rotatable bonds is 5. The van der Waals surface area contributed by atoms with Crippen LogP contribution in [0.2, 0.25) is 0 Å². The molecular weight excluding hydrogens is 428 g/mol. The summed E-state index contributed by atoms with van der Waals surface area (Å²) >= 11 is 0. The third-order valence-electron chi connectivity index (χ3n) is 6.20. The summed E-state index contributed by atoms with van der Waals surface area (Å²) in [5, 5.41) is 0.592. The summed E-state index contributed by atoms with van der Waals surface area (Å²) in [6.45, 7) is 5.37. The van der Waals surface area contributed by atoms with Crippen LogP contribution in [0.3, 0.4) is 0 Å². The molecule has 2 heterocycles. The van der Waals surface area contributed by atoms with Gasteiger partial charge < -0.3 is 4.74 Å². The first-order valence-electron chi connectivity index (χ1n) is 10.6. The first kappa shape index (κ1) is 22.4. The van der Waals surface area contributed by atoms with Crippen LogP contribution >= 0.6 is 0 Å². The highest BCUT2D eigenvalue weighted by molar-refractivity contribution is 7.89. The number of piperazine rings is 1. The van der Waals surface area contributed by atoms with Gasteiger partial charge in [0.05, 0.1) is 29.0 Å². The van der Waals surface area contributed by atoms with Gasteiger partial charge in [-0.2, -0.15) is 4.31 Å². The Balaban J connectivity index is 1.56. The average molecular weight is 457 g/mol. The SMILES string of the molecule is COc1ccc(S(=O)(=O)N2CCN(C(C)c3nc4ccccc4c(=O)n3C)CC2C)cc1. The average Bonchev–Trinajstić information content (AvgIpc) is 2.80. The van der Waals surface area contributed by atoms with Crippen LogP contribution in [0, 0.1) is 0 Å². The molecule has 1 aliphatic heterocycles. The van der Waals surface area contributed by atoms with E-state index in [1.54, 1.807) is 53.4 Å². The van der Waals surface area contributed by atoms with Gasteiger partial charge in [-0.05, 0) is 50.2 Å². The number of aromatic nitrogens is 2. The van der Waals surface area contributed by atoms with Gasteiger partial charge >= 0.3 is 0 Å². The molecule has 1 aromatic heterocycles. The first-order valence-corrected chi connectivity index (χ1v) is 12.0. The molecule has 0 saturated carbocycles. The van der Waals surface area contributed by atoms with E-state index in [-0.39, 0.29) is 22.5 Å². The maximum Gasteiger partial charge on any atom is 0.261 e. The zero-order valence-electron chi connectivity index (χ0n) is 18.7. The van der Waals surface area contributed by atoms with E-state index < -0.39 is 10.0 Å². The topological polar surface area (TPSA) is 84.7 Å². The van der Waals surface area contributed by atoms with Gasteiger partial charge in [-0.3, -0.25) is 14.3 Å². The van der Waals surface area contributed by atoms with Gasteiger partial charge in [-0.25, -0.2) is 13.4 Å². The van der Waals surface area contributed by atoms with E-state index in [0.29, 0.717) is 42.1 Å². The first-order chi connectivity index (χ1) is 15.2. The monoisotopic (exact) mass is 456 g/mol. The molecule has 1 saturated heterocycles. The largest absolute Gasteiger partial charge is 0.497 e. The van der Waals surface area contributed by atoms with Crippen molar-refractivity contribution in [3.05, 3.63) is 64.7 Å². The predicted octanol–water partition coefficient (Wildman–Crippen LogP) is 2.40. The summed E-state index contributed by atoms with van der Waals surface area (Å²) in [5.74, 6) is 1.29. The lowest BCUT2D eigenvalue weighted by Gasteiger charge is -2.41. The third kappa shape index (κ3) is 3.92. The zero-order chi connectivity index (χ0) is 23.0. The molecular formula is C23H28N4O4S. The summed E-state index contributed by atoms with van der Waals surface area (Å²) in [6, 6.07) is 13.4. The molecule has 0 N–H and O–H groups in total. The van der Waals surface area contributed by atoms with E-state index in [9.17, 15) is 13.2 Å². The van der Waals surface area contributed by atoms with Crippen molar-refractivity contribution in [1.82, 2.24) is 18.8 Å². The highest BCUT2D eigenvalue weighted by atomic mass is 32.2. The second kappa shape index (κ2) is 8.65. The van der Waals surface area contributed by atoms with Crippen LogP contribution in [0.5, 0.6) is 5.75 Å². The van der Waals surface area contributed by atoms with Crippen LogP contribution in [-0.2, 0) is 17.1 Å². The number of methoxy groups -OCH3 is 1. The van der Waals surface area contributed by atoms with Crippen LogP contribution in [-0.4, -0.2) is 60.0 Å². The Labute approximate surface area is 188 Å². The maximum atomic E-state index is 13.2. The fraction of sp³-hybridized carbons (Fsp3) is 0.391. The van der Waals surface area contributed by atoms with Crippen LogP contribution in [0.25, 0.3) is 10.9 Å². The van der Waals surface area contributed by atoms with E-state index in [4.69, 9.17) is 9.72 Å². The number of sulfonamides is 1. The minimum Gasteiger partial charge on any atom is -0.497 e. The van der Waals surface area contributed by atoms with Crippen LogP contribution in [0.4, 0.5) is 0 Å². The summed E-state index contributed by atoms with van der Waals surface area (Å²) in [6.07, 6.45) is 0. The van der Waals surface area contributed by atoms with Gasteiger partial charge in [0.25, 0.3) is 5.56 Å². The molecule has 9 heteroatoms. The molecule has 1 aliphatic rings. The van der Waals surface area contributed by atoms with E-state index in [0.717, 1.165) is 0 Å². The highest BCUT2D eigenvalue weighted by Gasteiger charge is 2.36. The fourth-order valence-electron chi connectivity index (χ4n) is 4.33. The minimum absolute atomic E-state index is 0.0776. The van der Waals surface area contributed by atoms with E-state index in [1.807, 2.05) is 32.0 Å². The number of para-hydroxylation sites is 1. The summed E-state index contributed by atoms with van der Waals surface area (Å²) in [5.41, 5.74) is 0.595. The zero-order valence-corrected chi connectivity index (χ0v) is 19.5. The molecule has 2 atom stereocenters. The second-order valence-corrected chi connectivity index (χ2v) is 10.1. The molecule has 0 amide bonds. The summed E-state index contributed by atoms with van der Waals surface area (Å²) < 4.78 is 34.7. The fourth-order valence-corrected chi connectivity index (χ4v) is 5.95. The third-order valence-corrected chi connectivity index (χ3v) is 8.23. The molecule has 0 spiro atoms. The highest BCUT2D eigenvalue weighted by Crippen LogP contribution is 2.27. The number of ether oxygens (including phenoxy) is 1. The van der Waals surface area contributed by atoms with Crippen LogP contribution < -0.4 is 10.3 Å². The molecule has 8 nitrogen and oxygen atoms in total. The molecule has 0 aliphatic carbocycles. The summed E-state index contributed by atoms with van der Waals surface area (Å²) in [7, 11) is -0.328. The molecule has 4 rings (SSSR count). The van der Waals surface area contributed by atoms with Gasteiger partial charge in [0.2, 0.25) is 10.0 Å². The smallest absolute Gasteiger partial charge is 0.261 e. The second-order valence-electron chi connectivity index (χ2n) is 8.16. The number of fused-ring (bicyclic) bond motifs is 1. The Morgan fingerprint density at radius 1 is 1.09 bits per heavy atom. The quantitative estimate of drug-likeness (QED) is 0.586. The molecule has 32 heavy (non-hydrogen) atoms. The lowest BCUT2D eigenvalue weighted by Crippen LogP contribution is -2.54. The molecule has 170 valence electrons. The van der Waals surface area contributed by atoms with Gasteiger partial charge in [0, 0.05) is 32.7 Å². The Hall–Kier alpha value is -2.75. The van der Waals surface area contributed by atoms with Gasteiger partial charge in [-0.15, -0.1) is 0 Å². The van der Waals surface area contributed by atoms with Crippen LogP contribution in [0.15, 0.2) is 58.2 Å². The van der Waals surface area contributed by atoms with Crippen molar-refractivity contribution in [3.63, 3.8) is 0 Å². The Kier molecular flexibility index (Phi) is 6.07. The van der Waals surface area contributed by atoms with Crippen molar-refractivity contribution < 1.29 is 13.2 Å². The predicted molar refractivity (Wildman–Crippen MR) is 123 cm³/mol. The van der Waals surface area contributed by atoms with Crippen molar-refractivity contribution in [3.8, 4) is 5.75 Å². The molecule has 3 aromatic rings. The normalized spacial score (nSPS) is 19.2. The van der Waals surface area contributed by atoms with E-state index in [2.05, 4.69) is 4.90 Å². The minimum atomic E-state index is -3.61. The maximum absolute atomic E-state index is 13.2. The van der Waals surface area contributed by atoms with Crippen molar-refractivity contribution in [2.45, 2.75) is 30.8 Å². The Morgan fingerprint density at radius 3 is 2.44 bits per heavy atom. The lowest BCUT2D eigenvalue weighted by molar-refractivity contribution is 0.104. The van der Waals surface area contributed by atoms with Crippen molar-refractivity contribution in [2.75, 3.05) is 26.7 Å². The lowest BCUT2D eigenvalue weighted by atomic mass is 10.1. The number of benzene rings is 2. The standard InChI is InChI=1S/C23H28N4O4S/c1-16-15-26(13-14-27(16)32(29,30)19-11-9-18(31-4)10-12-19)17(2)22-24-21-8-6-5-7-20(21)23(28)25(22)3/h5-12,16-17H,13-15H2,1-4H3. The number of nitrogens with zero attached hydrogens (tertiary/aromatic N) is 4.